The molecule has 2 heterocycles. The molecular formula is C22H26ClN3O3. The van der Waals surface area contributed by atoms with E-state index in [1.54, 1.807) is 32.3 Å². The van der Waals surface area contributed by atoms with Gasteiger partial charge in [-0.3, -0.25) is 4.79 Å². The van der Waals surface area contributed by atoms with E-state index in [2.05, 4.69) is 9.88 Å². The van der Waals surface area contributed by atoms with E-state index < -0.39 is 6.10 Å². The van der Waals surface area contributed by atoms with E-state index in [1.807, 2.05) is 24.3 Å². The summed E-state index contributed by atoms with van der Waals surface area (Å²) in [6, 6.07) is 12.9. The zero-order valence-electron chi connectivity index (χ0n) is 16.7. The van der Waals surface area contributed by atoms with E-state index in [0.717, 1.165) is 25.3 Å². The van der Waals surface area contributed by atoms with Gasteiger partial charge in [-0.2, -0.15) is 0 Å². The van der Waals surface area contributed by atoms with Crippen LogP contribution in [0, 0.1) is 11.8 Å². The number of hydrogen-bond donors (Lipinski definition) is 1. The van der Waals surface area contributed by atoms with Gasteiger partial charge in [0, 0.05) is 32.2 Å². The zero-order valence-corrected chi connectivity index (χ0v) is 17.4. The van der Waals surface area contributed by atoms with Crippen molar-refractivity contribution in [2.24, 2.45) is 11.8 Å². The number of carbonyl (C=O) groups excluding carboxylic acids is 1. The normalized spacial score (nSPS) is 26.1. The van der Waals surface area contributed by atoms with Gasteiger partial charge < -0.3 is 19.6 Å². The Bertz CT molecular complexity index is 891. The summed E-state index contributed by atoms with van der Waals surface area (Å²) in [5.74, 6) is 2.20. The van der Waals surface area contributed by atoms with Crippen LogP contribution in [0.15, 0.2) is 42.5 Å². The highest BCUT2D eigenvalue weighted by Gasteiger charge is 2.43. The minimum Gasteiger partial charge on any atom is -0.488 e. The first-order chi connectivity index (χ1) is 13.9. The van der Waals surface area contributed by atoms with Crippen LogP contribution in [-0.4, -0.2) is 60.3 Å². The molecule has 29 heavy (non-hydrogen) atoms. The number of aliphatic hydroxyl groups excluding tert-OH is 1. The number of pyridine rings is 1. The molecule has 4 rings (SSSR count). The summed E-state index contributed by atoms with van der Waals surface area (Å²) in [5.41, 5.74) is 0.449. The van der Waals surface area contributed by atoms with Gasteiger partial charge in [0.1, 0.15) is 23.4 Å². The minimum absolute atomic E-state index is 0.103. The van der Waals surface area contributed by atoms with Gasteiger partial charge in [0.2, 0.25) is 0 Å². The van der Waals surface area contributed by atoms with Crippen molar-refractivity contribution in [3.8, 4) is 5.75 Å². The summed E-state index contributed by atoms with van der Waals surface area (Å²) in [6.45, 7) is 1.68. The van der Waals surface area contributed by atoms with Crippen LogP contribution in [-0.2, 0) is 0 Å². The van der Waals surface area contributed by atoms with Gasteiger partial charge in [-0.25, -0.2) is 4.98 Å². The van der Waals surface area contributed by atoms with Crippen LogP contribution >= 0.6 is 11.6 Å². The molecule has 1 aromatic carbocycles. The van der Waals surface area contributed by atoms with Crippen molar-refractivity contribution in [3.63, 3.8) is 0 Å². The number of aromatic nitrogens is 1. The number of benzene rings is 1. The zero-order chi connectivity index (χ0) is 20.5. The van der Waals surface area contributed by atoms with Gasteiger partial charge >= 0.3 is 0 Å². The molecular weight excluding hydrogens is 390 g/mol. The molecule has 1 amide bonds. The van der Waals surface area contributed by atoms with E-state index in [9.17, 15) is 9.90 Å². The standard InChI is InChI=1S/C22H26ClN3O3/c1-25(2)22(28)18-7-4-8-21(24-18)26-12-14-9-19(27)20(10-15(14)13-26)29-17-6-3-5-16(23)11-17/h3-8,11,14-15,19-20,27H,9-10,12-13H2,1-2H3/t14-,15+,19+,20+/m0/s1. The summed E-state index contributed by atoms with van der Waals surface area (Å²) < 4.78 is 6.06. The Hall–Kier alpha value is -2.31. The maximum Gasteiger partial charge on any atom is 0.272 e. The lowest BCUT2D eigenvalue weighted by Crippen LogP contribution is -2.42. The molecule has 0 unspecified atom stereocenters. The molecule has 0 spiro atoms. The fraction of sp³-hybridized carbons (Fsp3) is 0.455. The SMILES string of the molecule is CN(C)C(=O)c1cccc(N2C[C@H]3C[C@@H](Oc4cccc(Cl)c4)[C@H](O)C[C@H]3C2)n1. The topological polar surface area (TPSA) is 65.9 Å². The number of rotatable bonds is 4. The highest BCUT2D eigenvalue weighted by Crippen LogP contribution is 2.39. The molecule has 1 aliphatic heterocycles. The third kappa shape index (κ3) is 4.33. The van der Waals surface area contributed by atoms with Gasteiger partial charge in [0.15, 0.2) is 0 Å². The largest absolute Gasteiger partial charge is 0.488 e. The molecule has 1 N–H and O–H groups in total. The van der Waals surface area contributed by atoms with Crippen LogP contribution in [0.1, 0.15) is 23.3 Å². The number of amides is 1. The van der Waals surface area contributed by atoms with Crippen molar-refractivity contribution in [2.45, 2.75) is 25.0 Å². The Morgan fingerprint density at radius 1 is 1.17 bits per heavy atom. The number of aliphatic hydroxyl groups is 1. The maximum atomic E-state index is 12.2. The summed E-state index contributed by atoms with van der Waals surface area (Å²) in [6.07, 6.45) is 0.725. The van der Waals surface area contributed by atoms with Gasteiger partial charge in [-0.15, -0.1) is 0 Å². The number of hydrogen-bond acceptors (Lipinski definition) is 5. The molecule has 1 aromatic heterocycles. The van der Waals surface area contributed by atoms with E-state index in [1.165, 1.54) is 4.90 Å². The lowest BCUT2D eigenvalue weighted by molar-refractivity contribution is -0.0231. The van der Waals surface area contributed by atoms with Crippen LogP contribution in [0.3, 0.4) is 0 Å². The second-order valence-electron chi connectivity index (χ2n) is 8.16. The molecule has 2 fully saturated rings. The molecule has 0 radical (unpaired) electrons. The average molecular weight is 416 g/mol. The first kappa shape index (κ1) is 20.0. The highest BCUT2D eigenvalue weighted by atomic mass is 35.5. The van der Waals surface area contributed by atoms with Crippen LogP contribution < -0.4 is 9.64 Å². The van der Waals surface area contributed by atoms with E-state index >= 15 is 0 Å². The molecule has 4 atom stereocenters. The molecule has 154 valence electrons. The van der Waals surface area contributed by atoms with Crippen LogP contribution in [0.2, 0.25) is 5.02 Å². The number of fused-ring (bicyclic) bond motifs is 1. The molecule has 2 aliphatic rings. The average Bonchev–Trinajstić information content (AvgIpc) is 3.10. The van der Waals surface area contributed by atoms with Crippen molar-refractivity contribution < 1.29 is 14.6 Å². The van der Waals surface area contributed by atoms with E-state index in [4.69, 9.17) is 16.3 Å². The van der Waals surface area contributed by atoms with E-state index in [-0.39, 0.29) is 12.0 Å². The molecule has 1 aliphatic carbocycles. The fourth-order valence-corrected chi connectivity index (χ4v) is 4.55. The first-order valence-corrected chi connectivity index (χ1v) is 10.3. The van der Waals surface area contributed by atoms with Crippen molar-refractivity contribution in [1.82, 2.24) is 9.88 Å². The Morgan fingerprint density at radius 2 is 1.90 bits per heavy atom. The van der Waals surface area contributed by atoms with Crippen molar-refractivity contribution in [1.29, 1.82) is 0 Å². The lowest BCUT2D eigenvalue weighted by atomic mass is 9.78. The second-order valence-corrected chi connectivity index (χ2v) is 8.59. The molecule has 7 heteroatoms. The molecule has 1 saturated heterocycles. The van der Waals surface area contributed by atoms with E-state index in [0.29, 0.717) is 34.7 Å². The third-order valence-electron chi connectivity index (χ3n) is 5.85. The predicted octanol–water partition coefficient (Wildman–Crippen LogP) is 3.09. The monoisotopic (exact) mass is 415 g/mol. The number of carbonyl (C=O) groups is 1. The summed E-state index contributed by atoms with van der Waals surface area (Å²) in [4.78, 5) is 20.6. The Balaban J connectivity index is 1.45. The van der Waals surface area contributed by atoms with Crippen LogP contribution in [0.25, 0.3) is 0 Å². The van der Waals surface area contributed by atoms with Crippen LogP contribution in [0.5, 0.6) is 5.75 Å². The Labute approximate surface area is 176 Å². The van der Waals surface area contributed by atoms with Crippen LogP contribution in [0.4, 0.5) is 5.82 Å². The van der Waals surface area contributed by atoms with Gasteiger partial charge in [0.25, 0.3) is 5.91 Å². The Morgan fingerprint density at radius 3 is 2.62 bits per heavy atom. The molecule has 6 nitrogen and oxygen atoms in total. The number of halogens is 1. The number of anilines is 1. The molecule has 2 aromatic rings. The van der Waals surface area contributed by atoms with Crippen molar-refractivity contribution in [3.05, 3.63) is 53.2 Å². The summed E-state index contributed by atoms with van der Waals surface area (Å²) in [7, 11) is 3.45. The third-order valence-corrected chi connectivity index (χ3v) is 6.09. The lowest BCUT2D eigenvalue weighted by Gasteiger charge is -2.35. The number of ether oxygens (including phenoxy) is 1. The Kier molecular flexibility index (Phi) is 5.65. The highest BCUT2D eigenvalue weighted by molar-refractivity contribution is 6.30. The first-order valence-electron chi connectivity index (χ1n) is 9.94. The van der Waals surface area contributed by atoms with Gasteiger partial charge in [0.05, 0.1) is 6.10 Å². The smallest absolute Gasteiger partial charge is 0.272 e. The van der Waals surface area contributed by atoms with Gasteiger partial charge in [-0.05, 0) is 55.0 Å². The fourth-order valence-electron chi connectivity index (χ4n) is 4.37. The summed E-state index contributed by atoms with van der Waals surface area (Å²) >= 11 is 6.05. The predicted molar refractivity (Wildman–Crippen MR) is 113 cm³/mol. The van der Waals surface area contributed by atoms with Crippen molar-refractivity contribution in [2.75, 3.05) is 32.1 Å². The second kappa shape index (κ2) is 8.20. The maximum absolute atomic E-state index is 12.2. The quantitative estimate of drug-likeness (QED) is 0.831. The summed E-state index contributed by atoms with van der Waals surface area (Å²) in [5, 5.41) is 11.3. The minimum atomic E-state index is -0.509. The number of nitrogens with zero attached hydrogens (tertiary/aromatic N) is 3. The van der Waals surface area contributed by atoms with Gasteiger partial charge in [-0.1, -0.05) is 23.7 Å². The van der Waals surface area contributed by atoms with Crippen molar-refractivity contribution >= 4 is 23.3 Å². The molecule has 1 saturated carbocycles. The molecule has 0 bridgehead atoms.